The number of rotatable bonds is 4. The van der Waals surface area contributed by atoms with Gasteiger partial charge in [-0.2, -0.15) is 20.4 Å². The van der Waals surface area contributed by atoms with Crippen LogP contribution in [0.3, 0.4) is 0 Å². The first-order valence-electron chi connectivity index (χ1n) is 55.1. The molecule has 8 fully saturated rings. The van der Waals surface area contributed by atoms with Crippen molar-refractivity contribution in [3.8, 4) is 0 Å². The third-order valence-corrected chi connectivity index (χ3v) is 39.3. The summed E-state index contributed by atoms with van der Waals surface area (Å²) in [4.78, 5) is 20.5. The monoisotopic (exact) mass is 1960 g/mol. The van der Waals surface area contributed by atoms with Gasteiger partial charge < -0.3 is 79.1 Å². The number of aromatic amines is 1. The van der Waals surface area contributed by atoms with Crippen molar-refractivity contribution in [2.24, 2.45) is 52.9 Å². The van der Waals surface area contributed by atoms with E-state index in [1.807, 2.05) is 41.9 Å². The van der Waals surface area contributed by atoms with E-state index in [9.17, 15) is 0 Å². The molecule has 142 heavy (non-hydrogen) atoms. The van der Waals surface area contributed by atoms with Gasteiger partial charge in [0, 0.05) is 210 Å². The third-order valence-electron chi connectivity index (χ3n) is 39.3. The Bertz CT molecular complexity index is 5020. The lowest BCUT2D eigenvalue weighted by Crippen LogP contribution is -2.55. The molecular formula is C110H186N30O2. The number of nitrogens with one attached hydrogen (secondary N) is 1. The second-order valence-corrected chi connectivity index (χ2v) is 51.4. The van der Waals surface area contributed by atoms with Gasteiger partial charge in [-0.15, -0.1) is 5.10 Å². The highest BCUT2D eigenvalue weighted by Gasteiger charge is 2.58. The fourth-order valence-electron chi connectivity index (χ4n) is 29.4. The maximum Gasteiger partial charge on any atom is 0.147 e. The van der Waals surface area contributed by atoms with E-state index in [-0.39, 0.29) is 108 Å². The number of nitrogens with two attached hydrogens (primary N) is 8. The number of nitrogens with zero attached hydrogens (tertiary/aromatic N) is 21. The standard InChI is InChI=1S/C15H26N4.2C14H24N4.2C14H23N3O.C14H23N3.C13H22N4.C12H21N5/c1-14(2,3)19-7-5-15(6-8-19)12(16)9-11-10-17-18(4)13(11)15;1-10(2)17-8-5-14(6-9-17)12-4-7-16-18(12)11(3)13(14)15;1-13(2,3)18-6-4-14(5-7-18)11(15)8-10-9-16-17-12(10)14;1-13(2,3)17-6-4-14(5-7-17)11(15)8-10-9-18-16-12(10)14;1-13(2,3)17-6-4-14(5-7-17)11(15)8-10-9-16-18-12(10)14;1-11(2)16-8-5-14(6-9-16)12(15)10-17-7-3-4-13(14)17;1-10(2)16-7-4-13(5-8-16)11(14)9-17-12(13)3-6-15-17;1-9(2)16-5-3-12(4-6-16)10(13)8-17-11(12)7-14-15-17/h10,12H,5-9,16H2,1-4H3;4,7,10-11,13H,5-6,8-9,15H2,1-3H3;9,11H,4-8,15H2,1-3H3,(H,16,17);2*9,11H,4-8,15H2,1-3H3;3-4,7,11-12H,5-6,8-10,15H2,1-2H3;3,6,10-11H,4-5,7-9,14H2,1-2H3;7,9-10H,3-6,8,13H2,1-2H3/t12-;11?,13-;3*11-;12-;11-;10-/m11111111/s1. The maximum atomic E-state index is 6.52. The molecule has 9 atom stereocenters. The number of likely N-dealkylation sites (tertiary alicyclic amines) is 8. The second kappa shape index (κ2) is 40.8. The van der Waals surface area contributed by atoms with E-state index in [0.29, 0.717) is 36.3 Å². The van der Waals surface area contributed by atoms with E-state index in [2.05, 4.69) is 287 Å². The molecule has 16 aliphatic rings. The van der Waals surface area contributed by atoms with Crippen molar-refractivity contribution in [2.45, 2.75) is 437 Å². The number of H-pyrrole nitrogens is 1. The molecule has 8 saturated heterocycles. The number of aromatic nitrogens is 14. The van der Waals surface area contributed by atoms with Crippen molar-refractivity contribution in [1.82, 2.24) is 109 Å². The van der Waals surface area contributed by atoms with Crippen LogP contribution < -0.4 is 45.9 Å². The van der Waals surface area contributed by atoms with Crippen LogP contribution in [0.1, 0.15) is 322 Å². The summed E-state index contributed by atoms with van der Waals surface area (Å²) in [5, 5.41) is 37.0. The Labute approximate surface area is 849 Å². The van der Waals surface area contributed by atoms with Crippen LogP contribution in [0.15, 0.2) is 83.0 Å². The molecule has 24 rings (SSSR count). The summed E-state index contributed by atoms with van der Waals surface area (Å²) in [5.41, 5.74) is 68.1. The van der Waals surface area contributed by atoms with Gasteiger partial charge >= 0.3 is 0 Å². The van der Waals surface area contributed by atoms with Crippen molar-refractivity contribution in [1.29, 1.82) is 0 Å². The Balaban J connectivity index is 0.000000112. The van der Waals surface area contributed by atoms with Crippen LogP contribution in [-0.2, 0) is 95.7 Å². The molecular weight excluding hydrogens is 1770 g/mol. The molecule has 0 amide bonds. The van der Waals surface area contributed by atoms with E-state index in [0.717, 1.165) is 213 Å². The topological polar surface area (TPSA) is 404 Å². The Morgan fingerprint density at radius 2 is 0.796 bits per heavy atom. The summed E-state index contributed by atoms with van der Waals surface area (Å²) in [6.45, 7) is 68.8. The third kappa shape index (κ3) is 19.6. The van der Waals surface area contributed by atoms with E-state index >= 15 is 0 Å². The fourth-order valence-corrected chi connectivity index (χ4v) is 29.4. The lowest BCUT2D eigenvalue weighted by Gasteiger charge is -2.47. The van der Waals surface area contributed by atoms with Crippen molar-refractivity contribution < 1.29 is 9.05 Å². The zero-order chi connectivity index (χ0) is 102. The summed E-state index contributed by atoms with van der Waals surface area (Å²) in [6, 6.07) is 13.7. The summed E-state index contributed by atoms with van der Waals surface area (Å²) < 4.78 is 21.3. The van der Waals surface area contributed by atoms with Gasteiger partial charge in [0.05, 0.1) is 55.3 Å². The molecule has 0 saturated carbocycles. The summed E-state index contributed by atoms with van der Waals surface area (Å²) in [5.74, 6) is 1.07. The SMILES string of the molecule is CC(C)(C)N1CCC2(CC1)c1[nH]ncc1C[C@H]2N.CC(C)(C)N1CCC2(CC1)c1nocc1C[C@H]2N.CC(C)(C)N1CCC2(CC1)c1oncc1C[C@H]2N.CC(C)N1CCC2(CC1)c1cccn1C[C@H]2N.CC(C)N1CCC2(CC1)c1ccnn1C(C)[C@H]2N.CC(C)N1CCC2(CC1)c1ccnn1C[C@H]2N.CC(C)N1CCC2(CC1)c1cnnn1C[C@H]2N.Cn1ncc2c1C1(CCN(C(C)(C)C)CC1)[C@H](N)C2. The molecule has 0 bridgehead atoms. The van der Waals surface area contributed by atoms with Gasteiger partial charge in [-0.3, -0.25) is 38.7 Å². The lowest BCUT2D eigenvalue weighted by molar-refractivity contribution is 0.0591. The maximum absolute atomic E-state index is 6.52. The highest BCUT2D eigenvalue weighted by molar-refractivity contribution is 5.41. The fraction of sp³-hybridized carbons (Fsp3) is 0.782. The molecule has 17 N–H and O–H groups in total. The summed E-state index contributed by atoms with van der Waals surface area (Å²) >= 11 is 0. The van der Waals surface area contributed by atoms with Crippen molar-refractivity contribution in [3.05, 3.63) is 142 Å². The van der Waals surface area contributed by atoms with Gasteiger partial charge in [-0.05, 0) is 414 Å². The largest absolute Gasteiger partial charge is 0.364 e. The highest BCUT2D eigenvalue weighted by Crippen LogP contribution is 2.54. The second-order valence-electron chi connectivity index (χ2n) is 51.4. The van der Waals surface area contributed by atoms with E-state index in [1.54, 1.807) is 6.26 Å². The Morgan fingerprint density at radius 1 is 0.387 bits per heavy atom. The van der Waals surface area contributed by atoms with Crippen LogP contribution in [-0.4, -0.2) is 308 Å². The summed E-state index contributed by atoms with van der Waals surface area (Å²) in [7, 11) is 2.06. The van der Waals surface area contributed by atoms with Crippen molar-refractivity contribution >= 4 is 0 Å². The predicted octanol–water partition coefficient (Wildman–Crippen LogP) is 10.7. The first-order chi connectivity index (χ1) is 67.1. The predicted molar refractivity (Wildman–Crippen MR) is 566 cm³/mol. The average molecular weight is 1960 g/mol. The molecule has 8 aromatic heterocycles. The molecule has 1 unspecified atom stereocenters. The number of hydrogen-bond acceptors (Lipinski definition) is 26. The van der Waals surface area contributed by atoms with Crippen LogP contribution in [0.5, 0.6) is 0 Å². The average Bonchev–Trinajstić information content (AvgIpc) is 1.33. The van der Waals surface area contributed by atoms with E-state index < -0.39 is 0 Å². The van der Waals surface area contributed by atoms with Crippen molar-refractivity contribution in [3.63, 3.8) is 0 Å². The molecule has 8 aromatic rings. The van der Waals surface area contributed by atoms with Crippen LogP contribution in [0, 0.1) is 0 Å². The Hall–Kier alpha value is -6.96. The number of piperidine rings is 8. The molecule has 788 valence electrons. The zero-order valence-electron chi connectivity index (χ0n) is 91.3. The first kappa shape index (κ1) is 106. The molecule has 0 radical (unpaired) electrons. The Morgan fingerprint density at radius 3 is 1.31 bits per heavy atom. The van der Waals surface area contributed by atoms with Gasteiger partial charge in [-0.1, -0.05) is 15.5 Å². The molecule has 12 aliphatic heterocycles. The van der Waals surface area contributed by atoms with Crippen LogP contribution >= 0.6 is 0 Å². The zero-order valence-corrected chi connectivity index (χ0v) is 91.3. The quantitative estimate of drug-likeness (QED) is 0.0790. The molecule has 32 nitrogen and oxygen atoms in total. The van der Waals surface area contributed by atoms with Crippen molar-refractivity contribution in [2.75, 3.05) is 105 Å². The van der Waals surface area contributed by atoms with E-state index in [4.69, 9.17) is 54.9 Å². The van der Waals surface area contributed by atoms with Gasteiger partial charge in [0.15, 0.2) is 0 Å². The molecule has 4 aliphatic carbocycles. The minimum Gasteiger partial charge on any atom is -0.364 e. The number of aryl methyl sites for hydroxylation is 1. The minimum absolute atomic E-state index is 0.0492. The first-order valence-corrected chi connectivity index (χ1v) is 55.1. The van der Waals surface area contributed by atoms with Crippen LogP contribution in [0.4, 0.5) is 0 Å². The molecule has 0 aromatic carbocycles. The van der Waals surface area contributed by atoms with E-state index in [1.165, 1.54) is 108 Å². The highest BCUT2D eigenvalue weighted by atomic mass is 16.5. The number of fused-ring (bicyclic) bond motifs is 16. The van der Waals surface area contributed by atoms with Gasteiger partial charge in [0.2, 0.25) is 0 Å². The van der Waals surface area contributed by atoms with Gasteiger partial charge in [0.1, 0.15) is 12.0 Å². The summed E-state index contributed by atoms with van der Waals surface area (Å²) in [6.07, 6.45) is 37.8. The van der Waals surface area contributed by atoms with Gasteiger partial charge in [-0.25, -0.2) is 4.68 Å². The van der Waals surface area contributed by atoms with Gasteiger partial charge in [0.25, 0.3) is 0 Å². The minimum atomic E-state index is 0.0492. The molecule has 32 heteroatoms. The Kier molecular flexibility index (Phi) is 30.6. The van der Waals surface area contributed by atoms with Crippen LogP contribution in [0.25, 0.3) is 0 Å². The lowest BCUT2D eigenvalue weighted by atomic mass is 9.70. The molecule has 20 heterocycles. The number of hydrogen-bond donors (Lipinski definition) is 9. The smallest absolute Gasteiger partial charge is 0.147 e. The van der Waals surface area contributed by atoms with Crippen LogP contribution in [0.2, 0.25) is 0 Å². The molecule has 8 spiro atoms. The normalized spacial score (nSPS) is 28.1.